The summed E-state index contributed by atoms with van der Waals surface area (Å²) in [6, 6.07) is 26.0. The monoisotopic (exact) mass is 362 g/mol. The van der Waals surface area contributed by atoms with Gasteiger partial charge in [0, 0.05) is 38.6 Å². The van der Waals surface area contributed by atoms with E-state index < -0.39 is 10.8 Å². The summed E-state index contributed by atoms with van der Waals surface area (Å²) in [6.07, 6.45) is 1.60. The minimum atomic E-state index is -1.07. The number of hydrazone groups is 1. The Morgan fingerprint density at radius 1 is 0.769 bits per heavy atom. The van der Waals surface area contributed by atoms with Crippen LogP contribution >= 0.6 is 0 Å². The molecule has 1 N–H and O–H groups in total. The second-order valence-electron chi connectivity index (χ2n) is 5.61. The Morgan fingerprint density at radius 2 is 1.27 bits per heavy atom. The quantitative estimate of drug-likeness (QED) is 0.557. The molecule has 0 saturated carbocycles. The number of nitrogens with zero attached hydrogens (tertiary/aromatic N) is 1. The first-order valence-corrected chi connectivity index (χ1v) is 9.63. The highest BCUT2D eigenvalue weighted by Crippen LogP contribution is 2.11. The van der Waals surface area contributed by atoms with Gasteiger partial charge in [-0.2, -0.15) is 5.10 Å². The summed E-state index contributed by atoms with van der Waals surface area (Å²) >= 11 is 0. The molecule has 5 heteroatoms. The van der Waals surface area contributed by atoms with Gasteiger partial charge >= 0.3 is 0 Å². The van der Waals surface area contributed by atoms with E-state index in [0.29, 0.717) is 16.2 Å². The first kappa shape index (κ1) is 17.8. The van der Waals surface area contributed by atoms with E-state index in [1.807, 2.05) is 60.7 Å². The number of carbonyl (C=O) groups is 1. The van der Waals surface area contributed by atoms with E-state index in [-0.39, 0.29) is 5.91 Å². The molecule has 3 aromatic rings. The minimum Gasteiger partial charge on any atom is -0.267 e. The highest BCUT2D eigenvalue weighted by atomic mass is 32.2. The van der Waals surface area contributed by atoms with Crippen LogP contribution in [0.5, 0.6) is 0 Å². The van der Waals surface area contributed by atoms with Gasteiger partial charge in [-0.05, 0) is 24.3 Å². The van der Waals surface area contributed by atoms with E-state index in [1.54, 1.807) is 30.5 Å². The minimum absolute atomic E-state index is 0.317. The van der Waals surface area contributed by atoms with Gasteiger partial charge in [-0.1, -0.05) is 60.7 Å². The average molecular weight is 362 g/mol. The molecule has 3 rings (SSSR count). The molecule has 1 atom stereocenters. The van der Waals surface area contributed by atoms with Crippen LogP contribution in [-0.2, 0) is 10.8 Å². The smallest absolute Gasteiger partial charge is 0.267 e. The fourth-order valence-corrected chi connectivity index (χ4v) is 2.98. The second kappa shape index (κ2) is 8.36. The number of carbonyl (C=O) groups excluding carboxylic acids is 1. The SMILES string of the molecule is C[S@@](=O)c1ccc(C(=O)NN=C(c2ccccc2)c2ccccc2)cc1. The summed E-state index contributed by atoms with van der Waals surface area (Å²) in [6.45, 7) is 0. The predicted octanol–water partition coefficient (Wildman–Crippen LogP) is 3.61. The van der Waals surface area contributed by atoms with Gasteiger partial charge in [0.05, 0.1) is 5.71 Å². The normalized spacial score (nSPS) is 11.4. The van der Waals surface area contributed by atoms with Crippen LogP contribution in [-0.4, -0.2) is 22.1 Å². The van der Waals surface area contributed by atoms with Gasteiger partial charge < -0.3 is 0 Å². The number of amides is 1. The first-order chi connectivity index (χ1) is 12.6. The second-order valence-corrected chi connectivity index (χ2v) is 6.99. The Hall–Kier alpha value is -3.05. The summed E-state index contributed by atoms with van der Waals surface area (Å²) in [4.78, 5) is 13.1. The molecule has 0 aliphatic rings. The Balaban J connectivity index is 1.86. The lowest BCUT2D eigenvalue weighted by Gasteiger charge is -2.08. The predicted molar refractivity (Wildman–Crippen MR) is 105 cm³/mol. The molecule has 0 aliphatic carbocycles. The first-order valence-electron chi connectivity index (χ1n) is 8.07. The lowest BCUT2D eigenvalue weighted by molar-refractivity contribution is 0.0955. The molecule has 0 fully saturated rings. The Bertz CT molecular complexity index is 895. The standard InChI is InChI=1S/C21H18N2O2S/c1-26(25)19-14-12-18(13-15-19)21(24)23-22-20(16-8-4-2-5-9-16)17-10-6-3-7-11-17/h2-15H,1H3,(H,23,24)/t26-/m1/s1. The van der Waals surface area contributed by atoms with Crippen LogP contribution in [0.25, 0.3) is 0 Å². The van der Waals surface area contributed by atoms with Crippen molar-refractivity contribution in [2.45, 2.75) is 4.90 Å². The highest BCUT2D eigenvalue weighted by Gasteiger charge is 2.09. The van der Waals surface area contributed by atoms with Gasteiger partial charge in [-0.3, -0.25) is 9.00 Å². The summed E-state index contributed by atoms with van der Waals surface area (Å²) < 4.78 is 11.4. The number of rotatable bonds is 5. The Morgan fingerprint density at radius 3 is 1.73 bits per heavy atom. The van der Waals surface area contributed by atoms with Crippen molar-refractivity contribution in [2.75, 3.05) is 6.26 Å². The molecule has 0 unspecified atom stereocenters. The van der Waals surface area contributed by atoms with Crippen molar-refractivity contribution < 1.29 is 9.00 Å². The van der Waals surface area contributed by atoms with E-state index in [2.05, 4.69) is 10.5 Å². The molecule has 0 radical (unpaired) electrons. The third-order valence-electron chi connectivity index (χ3n) is 3.81. The highest BCUT2D eigenvalue weighted by molar-refractivity contribution is 7.84. The summed E-state index contributed by atoms with van der Waals surface area (Å²) in [5.74, 6) is -0.317. The Labute approximate surface area is 155 Å². The van der Waals surface area contributed by atoms with Crippen LogP contribution in [0.4, 0.5) is 0 Å². The fourth-order valence-electron chi connectivity index (χ4n) is 2.46. The molecule has 0 spiro atoms. The van der Waals surface area contributed by atoms with Crippen LogP contribution in [0, 0.1) is 0 Å². The number of nitrogens with one attached hydrogen (secondary N) is 1. The molecule has 26 heavy (non-hydrogen) atoms. The number of benzene rings is 3. The summed E-state index contributed by atoms with van der Waals surface area (Å²) in [5, 5.41) is 4.36. The lowest BCUT2D eigenvalue weighted by atomic mass is 10.0. The summed E-state index contributed by atoms with van der Waals surface area (Å²) in [7, 11) is -1.07. The fraction of sp³-hybridized carbons (Fsp3) is 0.0476. The van der Waals surface area contributed by atoms with Gasteiger partial charge in [0.15, 0.2) is 0 Å². The zero-order chi connectivity index (χ0) is 18.4. The van der Waals surface area contributed by atoms with Crippen molar-refractivity contribution in [1.82, 2.24) is 5.43 Å². The topological polar surface area (TPSA) is 58.5 Å². The lowest BCUT2D eigenvalue weighted by Crippen LogP contribution is -2.20. The molecule has 4 nitrogen and oxygen atoms in total. The zero-order valence-electron chi connectivity index (χ0n) is 14.3. The van der Waals surface area contributed by atoms with Crippen molar-refractivity contribution in [3.8, 4) is 0 Å². The molecular weight excluding hydrogens is 344 g/mol. The van der Waals surface area contributed by atoms with Crippen LogP contribution in [0.2, 0.25) is 0 Å². The molecular formula is C21H18N2O2S. The van der Waals surface area contributed by atoms with Crippen molar-refractivity contribution >= 4 is 22.4 Å². The van der Waals surface area contributed by atoms with Crippen LogP contribution in [0.15, 0.2) is 94.9 Å². The molecule has 3 aromatic carbocycles. The van der Waals surface area contributed by atoms with Gasteiger partial charge in [0.25, 0.3) is 5.91 Å². The van der Waals surface area contributed by atoms with Crippen molar-refractivity contribution in [3.63, 3.8) is 0 Å². The molecule has 0 saturated heterocycles. The maximum Gasteiger partial charge on any atom is 0.271 e. The van der Waals surface area contributed by atoms with Crippen molar-refractivity contribution in [1.29, 1.82) is 0 Å². The largest absolute Gasteiger partial charge is 0.271 e. The maximum atomic E-state index is 12.4. The third kappa shape index (κ3) is 4.32. The van der Waals surface area contributed by atoms with Crippen molar-refractivity contribution in [3.05, 3.63) is 102 Å². The molecule has 130 valence electrons. The van der Waals surface area contributed by atoms with Gasteiger partial charge in [-0.15, -0.1) is 0 Å². The van der Waals surface area contributed by atoms with E-state index in [4.69, 9.17) is 0 Å². The zero-order valence-corrected chi connectivity index (χ0v) is 15.1. The third-order valence-corrected chi connectivity index (χ3v) is 4.75. The molecule has 1 amide bonds. The maximum absolute atomic E-state index is 12.4. The van der Waals surface area contributed by atoms with E-state index in [0.717, 1.165) is 11.1 Å². The summed E-state index contributed by atoms with van der Waals surface area (Å²) in [5.41, 5.74) is 5.59. The van der Waals surface area contributed by atoms with Gasteiger partial charge in [0.2, 0.25) is 0 Å². The molecule has 0 heterocycles. The molecule has 0 aliphatic heterocycles. The van der Waals surface area contributed by atoms with Crippen LogP contribution < -0.4 is 5.43 Å². The number of hydrogen-bond acceptors (Lipinski definition) is 3. The number of hydrogen-bond donors (Lipinski definition) is 1. The van der Waals surface area contributed by atoms with E-state index >= 15 is 0 Å². The average Bonchev–Trinajstić information content (AvgIpc) is 2.69. The van der Waals surface area contributed by atoms with Crippen LogP contribution in [0.3, 0.4) is 0 Å². The Kier molecular flexibility index (Phi) is 5.71. The van der Waals surface area contributed by atoms with Crippen molar-refractivity contribution in [2.24, 2.45) is 5.10 Å². The van der Waals surface area contributed by atoms with Crippen LogP contribution in [0.1, 0.15) is 21.5 Å². The van der Waals surface area contributed by atoms with Gasteiger partial charge in [0.1, 0.15) is 0 Å². The van der Waals surface area contributed by atoms with Gasteiger partial charge in [-0.25, -0.2) is 5.43 Å². The van der Waals surface area contributed by atoms with E-state index in [1.165, 1.54) is 0 Å². The molecule has 0 bridgehead atoms. The van der Waals surface area contributed by atoms with E-state index in [9.17, 15) is 9.00 Å². The molecule has 0 aromatic heterocycles.